The first-order valence-electron chi connectivity index (χ1n) is 7.53. The van der Waals surface area contributed by atoms with Crippen LogP contribution in [0.25, 0.3) is 0 Å². The van der Waals surface area contributed by atoms with Gasteiger partial charge in [0.1, 0.15) is 11.6 Å². The average molecular weight is 303 g/mol. The second-order valence-electron chi connectivity index (χ2n) is 5.18. The van der Waals surface area contributed by atoms with E-state index in [2.05, 4.69) is 12.2 Å². The Hall–Kier alpha value is -1.91. The molecular weight excluding hydrogens is 281 g/mol. The summed E-state index contributed by atoms with van der Waals surface area (Å²) in [6.45, 7) is 3.84. The fourth-order valence-corrected chi connectivity index (χ4v) is 2.18. The van der Waals surface area contributed by atoms with Crippen molar-refractivity contribution < 1.29 is 14.2 Å². The molecule has 0 aliphatic rings. The molecular formula is C18H22FNO2. The fraction of sp³-hybridized carbons (Fsp3) is 0.333. The van der Waals surface area contributed by atoms with E-state index >= 15 is 0 Å². The molecule has 2 N–H and O–H groups in total. The largest absolute Gasteiger partial charge is 0.494 e. The molecule has 0 amide bonds. The van der Waals surface area contributed by atoms with Crippen molar-refractivity contribution in [3.05, 3.63) is 65.0 Å². The van der Waals surface area contributed by atoms with Crippen LogP contribution in [0.2, 0.25) is 0 Å². The summed E-state index contributed by atoms with van der Waals surface area (Å²) in [6.07, 6.45) is 0.986. The predicted molar refractivity (Wildman–Crippen MR) is 85.1 cm³/mol. The van der Waals surface area contributed by atoms with E-state index in [1.165, 1.54) is 6.07 Å². The number of ether oxygens (including phenoxy) is 1. The van der Waals surface area contributed by atoms with Gasteiger partial charge >= 0.3 is 0 Å². The predicted octanol–water partition coefficient (Wildman–Crippen LogP) is 3.40. The molecule has 3 nitrogen and oxygen atoms in total. The zero-order chi connectivity index (χ0) is 15.8. The summed E-state index contributed by atoms with van der Waals surface area (Å²) in [7, 11) is 0. The number of aliphatic hydroxyl groups is 1. The van der Waals surface area contributed by atoms with E-state index in [0.29, 0.717) is 18.7 Å². The maximum Gasteiger partial charge on any atom is 0.128 e. The first kappa shape index (κ1) is 16.5. The Kier molecular flexibility index (Phi) is 6.37. The summed E-state index contributed by atoms with van der Waals surface area (Å²) in [4.78, 5) is 0. The smallest absolute Gasteiger partial charge is 0.128 e. The van der Waals surface area contributed by atoms with Crippen molar-refractivity contribution in [3.8, 4) is 5.75 Å². The summed E-state index contributed by atoms with van der Waals surface area (Å²) in [5.74, 6) is 0.512. The van der Waals surface area contributed by atoms with Crippen LogP contribution in [0.4, 0.5) is 4.39 Å². The lowest BCUT2D eigenvalue weighted by molar-refractivity contribution is 0.275. The van der Waals surface area contributed by atoms with Gasteiger partial charge in [0.05, 0.1) is 13.2 Å². The van der Waals surface area contributed by atoms with Crippen LogP contribution < -0.4 is 10.1 Å². The van der Waals surface area contributed by atoms with Crippen molar-refractivity contribution in [1.29, 1.82) is 0 Å². The Bertz CT molecular complexity index is 601. The van der Waals surface area contributed by atoms with Crippen LogP contribution in [0.15, 0.2) is 42.5 Å². The van der Waals surface area contributed by atoms with Crippen LogP contribution in [-0.4, -0.2) is 11.7 Å². The van der Waals surface area contributed by atoms with Gasteiger partial charge in [-0.3, -0.25) is 0 Å². The van der Waals surface area contributed by atoms with Gasteiger partial charge in [-0.2, -0.15) is 0 Å². The maximum absolute atomic E-state index is 13.3. The summed E-state index contributed by atoms with van der Waals surface area (Å²) in [6, 6.07) is 12.8. The Balaban J connectivity index is 1.88. The normalized spacial score (nSPS) is 10.7. The number of benzene rings is 2. The lowest BCUT2D eigenvalue weighted by Crippen LogP contribution is -2.13. The molecule has 0 spiro atoms. The van der Waals surface area contributed by atoms with Crippen molar-refractivity contribution >= 4 is 0 Å². The van der Waals surface area contributed by atoms with E-state index in [0.717, 1.165) is 29.9 Å². The third-order valence-electron chi connectivity index (χ3n) is 3.31. The molecule has 0 radical (unpaired) electrons. The average Bonchev–Trinajstić information content (AvgIpc) is 2.55. The number of hydrogen-bond donors (Lipinski definition) is 2. The molecule has 4 heteroatoms. The monoisotopic (exact) mass is 303 g/mol. The van der Waals surface area contributed by atoms with E-state index in [1.54, 1.807) is 12.1 Å². The molecule has 22 heavy (non-hydrogen) atoms. The highest BCUT2D eigenvalue weighted by Crippen LogP contribution is 2.14. The minimum atomic E-state index is -0.368. The van der Waals surface area contributed by atoms with Gasteiger partial charge in [0, 0.05) is 18.7 Å². The standard InChI is InChI=1S/C18H22FNO2/c1-2-8-22-17-5-3-4-14(10-17)11-20-12-15-6-7-18(19)16(9-15)13-21/h3-7,9-10,20-21H,2,8,11-13H2,1H3. The first-order valence-corrected chi connectivity index (χ1v) is 7.53. The Morgan fingerprint density at radius 1 is 1.09 bits per heavy atom. The summed E-state index contributed by atoms with van der Waals surface area (Å²) in [5.41, 5.74) is 2.41. The topological polar surface area (TPSA) is 41.5 Å². The van der Waals surface area contributed by atoms with Crippen LogP contribution in [0.3, 0.4) is 0 Å². The lowest BCUT2D eigenvalue weighted by Gasteiger charge is -2.09. The first-order chi connectivity index (χ1) is 10.7. The molecule has 2 aromatic rings. The Morgan fingerprint density at radius 2 is 1.86 bits per heavy atom. The number of hydrogen-bond acceptors (Lipinski definition) is 3. The lowest BCUT2D eigenvalue weighted by atomic mass is 10.1. The quantitative estimate of drug-likeness (QED) is 0.785. The molecule has 0 saturated carbocycles. The van der Waals surface area contributed by atoms with Crippen molar-refractivity contribution in [3.63, 3.8) is 0 Å². The second-order valence-corrected chi connectivity index (χ2v) is 5.18. The maximum atomic E-state index is 13.3. The van der Waals surface area contributed by atoms with E-state index < -0.39 is 0 Å². The van der Waals surface area contributed by atoms with Gasteiger partial charge in [0.25, 0.3) is 0 Å². The minimum Gasteiger partial charge on any atom is -0.494 e. The number of nitrogens with one attached hydrogen (secondary N) is 1. The molecule has 0 aliphatic heterocycles. The van der Waals surface area contributed by atoms with Crippen LogP contribution in [0.1, 0.15) is 30.0 Å². The van der Waals surface area contributed by atoms with Crippen LogP contribution in [-0.2, 0) is 19.7 Å². The molecule has 118 valence electrons. The second kappa shape index (κ2) is 8.51. The van der Waals surface area contributed by atoms with Gasteiger partial charge < -0.3 is 15.2 Å². The van der Waals surface area contributed by atoms with E-state index in [1.807, 2.05) is 24.3 Å². The van der Waals surface area contributed by atoms with Crippen molar-refractivity contribution in [1.82, 2.24) is 5.32 Å². The molecule has 0 unspecified atom stereocenters. The van der Waals surface area contributed by atoms with Gasteiger partial charge in [0.15, 0.2) is 0 Å². The van der Waals surface area contributed by atoms with Crippen LogP contribution in [0.5, 0.6) is 5.75 Å². The van der Waals surface area contributed by atoms with E-state index in [-0.39, 0.29) is 12.4 Å². The molecule has 0 aliphatic carbocycles. The highest BCUT2D eigenvalue weighted by Gasteiger charge is 2.03. The molecule has 0 atom stereocenters. The number of rotatable bonds is 8. The van der Waals surface area contributed by atoms with Gasteiger partial charge in [-0.1, -0.05) is 25.1 Å². The zero-order valence-electron chi connectivity index (χ0n) is 12.8. The molecule has 2 rings (SSSR count). The van der Waals surface area contributed by atoms with Crippen LogP contribution in [0, 0.1) is 5.82 Å². The number of halogens is 1. The molecule has 0 bridgehead atoms. The van der Waals surface area contributed by atoms with Gasteiger partial charge in [0.2, 0.25) is 0 Å². The highest BCUT2D eigenvalue weighted by atomic mass is 19.1. The number of aliphatic hydroxyl groups excluding tert-OH is 1. The van der Waals surface area contributed by atoms with E-state index in [4.69, 9.17) is 9.84 Å². The van der Waals surface area contributed by atoms with Crippen molar-refractivity contribution in [2.75, 3.05) is 6.61 Å². The van der Waals surface area contributed by atoms with E-state index in [9.17, 15) is 4.39 Å². The fourth-order valence-electron chi connectivity index (χ4n) is 2.18. The Morgan fingerprint density at radius 3 is 2.59 bits per heavy atom. The van der Waals surface area contributed by atoms with Crippen molar-refractivity contribution in [2.45, 2.75) is 33.0 Å². The molecule has 0 heterocycles. The highest BCUT2D eigenvalue weighted by molar-refractivity contribution is 5.29. The SMILES string of the molecule is CCCOc1cccc(CNCc2ccc(F)c(CO)c2)c1. The van der Waals surface area contributed by atoms with Gasteiger partial charge in [-0.25, -0.2) is 4.39 Å². The van der Waals surface area contributed by atoms with Crippen LogP contribution >= 0.6 is 0 Å². The summed E-state index contributed by atoms with van der Waals surface area (Å²) < 4.78 is 18.9. The zero-order valence-corrected chi connectivity index (χ0v) is 12.8. The van der Waals surface area contributed by atoms with Gasteiger partial charge in [-0.15, -0.1) is 0 Å². The van der Waals surface area contributed by atoms with Gasteiger partial charge in [-0.05, 0) is 41.8 Å². The third kappa shape index (κ3) is 4.83. The molecule has 0 aromatic heterocycles. The molecule has 0 fully saturated rings. The van der Waals surface area contributed by atoms with Crippen molar-refractivity contribution in [2.24, 2.45) is 0 Å². The molecule has 0 saturated heterocycles. The Labute approximate surface area is 130 Å². The molecule has 2 aromatic carbocycles. The minimum absolute atomic E-state index is 0.281. The summed E-state index contributed by atoms with van der Waals surface area (Å²) >= 11 is 0. The summed E-state index contributed by atoms with van der Waals surface area (Å²) in [5, 5.41) is 12.4. The third-order valence-corrected chi connectivity index (χ3v) is 3.31.